The lowest BCUT2D eigenvalue weighted by atomic mass is 10.0. The molecule has 1 rings (SSSR count). The molecule has 3 atom stereocenters. The largest absolute Gasteiger partial charge is 0.405 e. The van der Waals surface area contributed by atoms with Crippen LogP contribution in [0.4, 0.5) is 13.2 Å². The van der Waals surface area contributed by atoms with Gasteiger partial charge in [-0.25, -0.2) is 0 Å². The van der Waals surface area contributed by atoms with Gasteiger partial charge >= 0.3 is 6.18 Å². The lowest BCUT2D eigenvalue weighted by Crippen LogP contribution is -2.60. The summed E-state index contributed by atoms with van der Waals surface area (Å²) in [7, 11) is 0. The van der Waals surface area contributed by atoms with E-state index >= 15 is 0 Å². The van der Waals surface area contributed by atoms with Crippen LogP contribution in [0, 0.1) is 0 Å². The smallest absolute Gasteiger partial charge is 0.326 e. The summed E-state index contributed by atoms with van der Waals surface area (Å²) in [5, 5.41) is 0. The van der Waals surface area contributed by atoms with E-state index in [1.807, 2.05) is 6.92 Å². The van der Waals surface area contributed by atoms with Crippen molar-refractivity contribution < 1.29 is 13.2 Å². The van der Waals surface area contributed by atoms with Gasteiger partial charge in [0.1, 0.15) is 6.04 Å². The van der Waals surface area contributed by atoms with Crippen LogP contribution in [0.5, 0.6) is 0 Å². The van der Waals surface area contributed by atoms with E-state index in [-0.39, 0.29) is 6.04 Å². The maximum Gasteiger partial charge on any atom is 0.405 e. The van der Waals surface area contributed by atoms with Crippen LogP contribution in [0.25, 0.3) is 0 Å². The Morgan fingerprint density at radius 3 is 2.56 bits per heavy atom. The van der Waals surface area contributed by atoms with Gasteiger partial charge in [-0.15, -0.1) is 0 Å². The maximum atomic E-state index is 13.0. The van der Waals surface area contributed by atoms with Crippen molar-refractivity contribution in [3.8, 4) is 0 Å². The highest BCUT2D eigenvalue weighted by atomic mass is 32.2. The van der Waals surface area contributed by atoms with Gasteiger partial charge in [0.05, 0.1) is 0 Å². The van der Waals surface area contributed by atoms with Crippen LogP contribution in [-0.4, -0.2) is 47.3 Å². The zero-order valence-corrected chi connectivity index (χ0v) is 10.4. The first-order valence-electron chi connectivity index (χ1n) is 5.53. The Hall–Kier alpha value is 0.0600. The third-order valence-corrected chi connectivity index (χ3v) is 4.18. The molecule has 0 aliphatic carbocycles. The number of thioether (sulfide) groups is 1. The molecule has 16 heavy (non-hydrogen) atoms. The molecular weight excluding hydrogens is 237 g/mol. The number of nitrogens with zero attached hydrogens (tertiary/aromatic N) is 1. The first kappa shape index (κ1) is 14.1. The standard InChI is InChI=1S/C10H19F3N2S/c1-3-8(14)9(10(11,12)13)15-4-5-16-6-7(15)2/h7-9H,3-6,14H2,1-2H3. The monoisotopic (exact) mass is 256 g/mol. The minimum Gasteiger partial charge on any atom is -0.326 e. The molecule has 6 heteroatoms. The van der Waals surface area contributed by atoms with Gasteiger partial charge in [0, 0.05) is 30.1 Å². The van der Waals surface area contributed by atoms with E-state index in [2.05, 4.69) is 0 Å². The minimum atomic E-state index is -4.23. The fourth-order valence-corrected chi connectivity index (χ4v) is 3.09. The Kier molecular flexibility index (Phi) is 4.94. The summed E-state index contributed by atoms with van der Waals surface area (Å²) in [5.41, 5.74) is 5.63. The predicted octanol–water partition coefficient (Wildman–Crippen LogP) is 2.09. The summed E-state index contributed by atoms with van der Waals surface area (Å²) < 4.78 is 39.0. The number of alkyl halides is 3. The average molecular weight is 256 g/mol. The summed E-state index contributed by atoms with van der Waals surface area (Å²) in [6.07, 6.45) is -3.88. The van der Waals surface area contributed by atoms with E-state index in [0.29, 0.717) is 13.0 Å². The predicted molar refractivity (Wildman–Crippen MR) is 61.6 cm³/mol. The van der Waals surface area contributed by atoms with E-state index in [9.17, 15) is 13.2 Å². The molecule has 1 aliphatic rings. The quantitative estimate of drug-likeness (QED) is 0.838. The molecule has 1 aliphatic heterocycles. The Morgan fingerprint density at radius 2 is 2.12 bits per heavy atom. The molecule has 1 fully saturated rings. The van der Waals surface area contributed by atoms with Gasteiger partial charge in [-0.3, -0.25) is 4.90 Å². The van der Waals surface area contributed by atoms with Crippen molar-refractivity contribution in [2.24, 2.45) is 5.73 Å². The van der Waals surface area contributed by atoms with Crippen LogP contribution in [-0.2, 0) is 0 Å². The maximum absolute atomic E-state index is 13.0. The molecule has 0 saturated carbocycles. The summed E-state index contributed by atoms with van der Waals surface area (Å²) in [6.45, 7) is 4.02. The second kappa shape index (κ2) is 5.60. The third-order valence-electron chi connectivity index (χ3n) is 2.99. The molecule has 0 bridgehead atoms. The Balaban J connectivity index is 2.82. The average Bonchev–Trinajstić information content (AvgIpc) is 2.19. The molecule has 0 spiro atoms. The van der Waals surface area contributed by atoms with Crippen molar-refractivity contribution in [2.75, 3.05) is 18.1 Å². The molecular formula is C10H19F3N2S. The van der Waals surface area contributed by atoms with Crippen molar-refractivity contribution in [1.82, 2.24) is 4.90 Å². The van der Waals surface area contributed by atoms with Gasteiger partial charge < -0.3 is 5.73 Å². The zero-order chi connectivity index (χ0) is 12.3. The fraction of sp³-hybridized carbons (Fsp3) is 1.00. The SMILES string of the molecule is CCC(N)C(N1CCSCC1C)C(F)(F)F. The first-order valence-corrected chi connectivity index (χ1v) is 6.69. The molecule has 1 saturated heterocycles. The lowest BCUT2D eigenvalue weighted by molar-refractivity contribution is -0.193. The zero-order valence-electron chi connectivity index (χ0n) is 9.63. The van der Waals surface area contributed by atoms with E-state index < -0.39 is 18.3 Å². The van der Waals surface area contributed by atoms with Crippen LogP contribution in [0.3, 0.4) is 0 Å². The highest BCUT2D eigenvalue weighted by Crippen LogP contribution is 2.31. The Morgan fingerprint density at radius 1 is 1.50 bits per heavy atom. The van der Waals surface area contributed by atoms with Crippen LogP contribution >= 0.6 is 11.8 Å². The van der Waals surface area contributed by atoms with E-state index in [4.69, 9.17) is 5.73 Å². The van der Waals surface area contributed by atoms with Gasteiger partial charge in [-0.1, -0.05) is 6.92 Å². The minimum absolute atomic E-state index is 0.0528. The summed E-state index contributed by atoms with van der Waals surface area (Å²) >= 11 is 1.70. The number of nitrogens with two attached hydrogens (primary N) is 1. The molecule has 0 aromatic rings. The topological polar surface area (TPSA) is 29.3 Å². The van der Waals surface area contributed by atoms with Crippen molar-refractivity contribution >= 4 is 11.8 Å². The Bertz CT molecular complexity index is 223. The Labute approximate surface area is 98.7 Å². The van der Waals surface area contributed by atoms with Gasteiger partial charge in [-0.2, -0.15) is 24.9 Å². The van der Waals surface area contributed by atoms with Crippen molar-refractivity contribution in [1.29, 1.82) is 0 Å². The first-order chi connectivity index (χ1) is 7.38. The van der Waals surface area contributed by atoms with E-state index in [1.165, 1.54) is 4.90 Å². The van der Waals surface area contributed by atoms with Gasteiger partial charge in [0.15, 0.2) is 0 Å². The fourth-order valence-electron chi connectivity index (χ4n) is 2.05. The number of hydrogen-bond donors (Lipinski definition) is 1. The van der Waals surface area contributed by atoms with E-state index in [0.717, 1.165) is 11.5 Å². The molecule has 0 aromatic heterocycles. The summed E-state index contributed by atoms with van der Waals surface area (Å²) in [4.78, 5) is 1.52. The van der Waals surface area contributed by atoms with Crippen LogP contribution in [0.15, 0.2) is 0 Å². The lowest BCUT2D eigenvalue weighted by Gasteiger charge is -2.42. The van der Waals surface area contributed by atoms with Crippen LogP contribution in [0.2, 0.25) is 0 Å². The molecule has 2 N–H and O–H groups in total. The molecule has 3 unspecified atom stereocenters. The summed E-state index contributed by atoms with van der Waals surface area (Å²) in [6, 6.07) is -2.37. The second-order valence-corrected chi connectivity index (χ2v) is 5.37. The number of rotatable bonds is 3. The molecule has 0 amide bonds. The molecule has 0 radical (unpaired) electrons. The van der Waals surface area contributed by atoms with Gasteiger partial charge in [-0.05, 0) is 13.3 Å². The highest BCUT2D eigenvalue weighted by Gasteiger charge is 2.48. The third kappa shape index (κ3) is 3.28. The van der Waals surface area contributed by atoms with Crippen molar-refractivity contribution in [2.45, 2.75) is 44.6 Å². The van der Waals surface area contributed by atoms with Crippen LogP contribution in [0.1, 0.15) is 20.3 Å². The van der Waals surface area contributed by atoms with E-state index in [1.54, 1.807) is 18.7 Å². The van der Waals surface area contributed by atoms with Crippen molar-refractivity contribution in [3.63, 3.8) is 0 Å². The highest BCUT2D eigenvalue weighted by molar-refractivity contribution is 7.99. The van der Waals surface area contributed by atoms with Gasteiger partial charge in [0.25, 0.3) is 0 Å². The summed E-state index contributed by atoms with van der Waals surface area (Å²) in [5.74, 6) is 1.51. The van der Waals surface area contributed by atoms with Gasteiger partial charge in [0.2, 0.25) is 0 Å². The van der Waals surface area contributed by atoms with Crippen LogP contribution < -0.4 is 5.73 Å². The second-order valence-electron chi connectivity index (χ2n) is 4.22. The molecule has 1 heterocycles. The molecule has 0 aromatic carbocycles. The number of halogens is 3. The normalized spacial score (nSPS) is 27.8. The molecule has 2 nitrogen and oxygen atoms in total. The number of hydrogen-bond acceptors (Lipinski definition) is 3. The van der Waals surface area contributed by atoms with Crippen molar-refractivity contribution in [3.05, 3.63) is 0 Å². The molecule has 96 valence electrons.